The molecule has 5 aliphatic heterocycles. The Labute approximate surface area is 224 Å². The maximum absolute atomic E-state index is 14.4. The van der Waals surface area contributed by atoms with E-state index in [1.807, 2.05) is 4.90 Å². The van der Waals surface area contributed by atoms with Crippen molar-refractivity contribution < 1.29 is 18.3 Å². The molecule has 6 rings (SSSR count). The fourth-order valence-electron chi connectivity index (χ4n) is 7.60. The molecule has 1 aromatic rings. The Morgan fingerprint density at radius 3 is 2.58 bits per heavy atom. The number of amides is 1. The van der Waals surface area contributed by atoms with Crippen LogP contribution in [0.25, 0.3) is 0 Å². The van der Waals surface area contributed by atoms with Crippen LogP contribution < -0.4 is 9.80 Å². The third-order valence-corrected chi connectivity index (χ3v) is 9.83. The van der Waals surface area contributed by atoms with Gasteiger partial charge in [0.2, 0.25) is 5.91 Å². The van der Waals surface area contributed by atoms with E-state index in [0.29, 0.717) is 37.6 Å². The quantitative estimate of drug-likeness (QED) is 0.434. The van der Waals surface area contributed by atoms with Gasteiger partial charge in [0.25, 0.3) is 6.43 Å². The van der Waals surface area contributed by atoms with E-state index in [1.54, 1.807) is 0 Å². The SMILES string of the molecule is C=CC(=O)N1CCN([C@@H]2CN3c4cc(N5CCC6(C[C@H]5C)OCC=C6C)nc(C(F)F)c4[C@@H](C)C[C@@H]23)CC1. The fourth-order valence-corrected chi connectivity index (χ4v) is 7.60. The number of fused-ring (bicyclic) bond motifs is 3. The van der Waals surface area contributed by atoms with Crippen LogP contribution in [0.2, 0.25) is 0 Å². The highest BCUT2D eigenvalue weighted by atomic mass is 19.3. The van der Waals surface area contributed by atoms with Crippen LogP contribution in [0, 0.1) is 0 Å². The van der Waals surface area contributed by atoms with Gasteiger partial charge in [-0.2, -0.15) is 0 Å². The summed E-state index contributed by atoms with van der Waals surface area (Å²) in [6.45, 7) is 15.3. The molecule has 7 nitrogen and oxygen atoms in total. The van der Waals surface area contributed by atoms with Gasteiger partial charge in [-0.3, -0.25) is 9.69 Å². The molecule has 1 amide bonds. The predicted molar refractivity (Wildman–Crippen MR) is 144 cm³/mol. The van der Waals surface area contributed by atoms with Gasteiger partial charge in [-0.1, -0.05) is 19.6 Å². The zero-order chi connectivity index (χ0) is 26.8. The molecular weight excluding hydrogens is 488 g/mol. The maximum atomic E-state index is 14.4. The molecule has 9 heteroatoms. The Morgan fingerprint density at radius 2 is 1.95 bits per heavy atom. The van der Waals surface area contributed by atoms with Gasteiger partial charge < -0.3 is 19.4 Å². The fraction of sp³-hybridized carbons (Fsp3) is 0.655. The number of piperazine rings is 1. The number of nitrogens with zero attached hydrogens (tertiary/aromatic N) is 5. The van der Waals surface area contributed by atoms with E-state index in [0.717, 1.165) is 56.7 Å². The predicted octanol–water partition coefficient (Wildman–Crippen LogP) is 4.12. The lowest BCUT2D eigenvalue weighted by molar-refractivity contribution is -0.128. The highest BCUT2D eigenvalue weighted by Crippen LogP contribution is 2.49. The molecule has 38 heavy (non-hydrogen) atoms. The number of alkyl halides is 2. The van der Waals surface area contributed by atoms with Crippen LogP contribution in [0.3, 0.4) is 0 Å². The first kappa shape index (κ1) is 25.7. The normalized spacial score (nSPS) is 33.2. The van der Waals surface area contributed by atoms with Gasteiger partial charge in [0.05, 0.1) is 12.2 Å². The van der Waals surface area contributed by atoms with Gasteiger partial charge >= 0.3 is 0 Å². The molecule has 0 saturated carbocycles. The topological polar surface area (TPSA) is 52.2 Å². The lowest BCUT2D eigenvalue weighted by atomic mass is 9.77. The number of piperidine rings is 1. The van der Waals surface area contributed by atoms with Crippen molar-refractivity contribution in [2.24, 2.45) is 0 Å². The van der Waals surface area contributed by atoms with Crippen LogP contribution in [0.15, 0.2) is 30.4 Å². The minimum Gasteiger partial charge on any atom is -0.366 e. The summed E-state index contributed by atoms with van der Waals surface area (Å²) in [4.78, 5) is 25.5. The minimum absolute atomic E-state index is 0.0109. The maximum Gasteiger partial charge on any atom is 0.280 e. The standard InChI is InChI=1S/C29H39F2N5O2/c1-5-25(37)34-11-9-33(10-12-34)23-17-36-21(23)14-18(2)26-22(36)15-24(32-27(26)28(30)31)35-8-7-29(16-20(35)4)19(3)6-13-38-29/h5-6,15,18,20-21,23,28H,1,7-14,16-17H2,2-4H3/t18-,20+,21-,23+,29?/m0/s1. The van der Waals surface area contributed by atoms with Gasteiger partial charge in [-0.05, 0) is 44.3 Å². The Hall–Kier alpha value is -2.52. The third kappa shape index (κ3) is 4.04. The first-order chi connectivity index (χ1) is 18.2. The van der Waals surface area contributed by atoms with E-state index in [1.165, 1.54) is 11.6 Å². The van der Waals surface area contributed by atoms with Crippen LogP contribution in [-0.4, -0.2) is 90.3 Å². The lowest BCUT2D eigenvalue weighted by Crippen LogP contribution is -2.70. The van der Waals surface area contributed by atoms with Crippen molar-refractivity contribution in [3.8, 4) is 0 Å². The Kier molecular flexibility index (Phi) is 6.50. The van der Waals surface area contributed by atoms with Crippen molar-refractivity contribution >= 4 is 17.4 Å². The zero-order valence-corrected chi connectivity index (χ0v) is 22.7. The van der Waals surface area contributed by atoms with Crippen LogP contribution in [0.1, 0.15) is 63.6 Å². The number of aromatic nitrogens is 1. The first-order valence-electron chi connectivity index (χ1n) is 14.1. The van der Waals surface area contributed by atoms with E-state index >= 15 is 0 Å². The van der Waals surface area contributed by atoms with Gasteiger partial charge in [0, 0.05) is 81.1 Å². The van der Waals surface area contributed by atoms with E-state index in [9.17, 15) is 13.6 Å². The number of anilines is 2. The summed E-state index contributed by atoms with van der Waals surface area (Å²) >= 11 is 0. The summed E-state index contributed by atoms with van der Waals surface area (Å²) in [6.07, 6.45) is 3.46. The number of carbonyl (C=O) groups excluding carboxylic acids is 1. The second-order valence-corrected chi connectivity index (χ2v) is 11.8. The number of rotatable bonds is 4. The molecule has 6 heterocycles. The Bertz CT molecular complexity index is 1150. The summed E-state index contributed by atoms with van der Waals surface area (Å²) in [6, 6.07) is 2.88. The first-order valence-corrected chi connectivity index (χ1v) is 14.1. The van der Waals surface area contributed by atoms with E-state index in [4.69, 9.17) is 4.74 Å². The summed E-state index contributed by atoms with van der Waals surface area (Å²) in [5.41, 5.74) is 2.67. The van der Waals surface area contributed by atoms with E-state index in [2.05, 4.69) is 59.2 Å². The molecule has 0 N–H and O–H groups in total. The third-order valence-electron chi connectivity index (χ3n) is 9.83. The molecule has 0 aliphatic carbocycles. The molecule has 0 radical (unpaired) electrons. The number of ether oxygens (including phenoxy) is 1. The number of hydrogen-bond acceptors (Lipinski definition) is 6. The smallest absolute Gasteiger partial charge is 0.280 e. The highest BCUT2D eigenvalue weighted by Gasteiger charge is 2.49. The largest absolute Gasteiger partial charge is 0.366 e. The minimum atomic E-state index is -2.61. The number of pyridine rings is 1. The average molecular weight is 528 g/mol. The van der Waals surface area contributed by atoms with Crippen molar-refractivity contribution in [3.63, 3.8) is 0 Å². The van der Waals surface area contributed by atoms with E-state index < -0.39 is 6.43 Å². The molecule has 5 atom stereocenters. The molecular formula is C29H39F2N5O2. The summed E-state index contributed by atoms with van der Waals surface area (Å²) in [7, 11) is 0. The van der Waals surface area contributed by atoms with Crippen LogP contribution in [-0.2, 0) is 9.53 Å². The van der Waals surface area contributed by atoms with E-state index in [-0.39, 0.29) is 29.2 Å². The Morgan fingerprint density at radius 1 is 1.18 bits per heavy atom. The zero-order valence-electron chi connectivity index (χ0n) is 22.7. The van der Waals surface area contributed by atoms with Crippen LogP contribution >= 0.6 is 0 Å². The summed E-state index contributed by atoms with van der Waals surface area (Å²) < 4.78 is 35.0. The summed E-state index contributed by atoms with van der Waals surface area (Å²) in [5, 5.41) is 0. The van der Waals surface area contributed by atoms with Gasteiger partial charge in [0.15, 0.2) is 0 Å². The van der Waals surface area contributed by atoms with Crippen LogP contribution in [0.5, 0.6) is 0 Å². The molecule has 1 unspecified atom stereocenters. The summed E-state index contributed by atoms with van der Waals surface area (Å²) in [5.74, 6) is 0.669. The lowest BCUT2D eigenvalue weighted by Gasteiger charge is -2.58. The molecule has 3 saturated heterocycles. The monoisotopic (exact) mass is 527 g/mol. The number of hydrogen-bond donors (Lipinski definition) is 0. The van der Waals surface area contributed by atoms with Gasteiger partial charge in [0.1, 0.15) is 11.5 Å². The molecule has 5 aliphatic rings. The van der Waals surface area contributed by atoms with Crippen LogP contribution in [0.4, 0.5) is 20.3 Å². The van der Waals surface area contributed by atoms with Crippen molar-refractivity contribution in [3.05, 3.63) is 41.6 Å². The van der Waals surface area contributed by atoms with Gasteiger partial charge in [-0.25, -0.2) is 13.8 Å². The molecule has 1 aromatic heterocycles. The van der Waals surface area contributed by atoms with Gasteiger partial charge in [-0.15, -0.1) is 0 Å². The van der Waals surface area contributed by atoms with Crippen molar-refractivity contribution in [1.29, 1.82) is 0 Å². The number of carbonyl (C=O) groups is 1. The van der Waals surface area contributed by atoms with Crippen molar-refractivity contribution in [2.45, 2.75) is 76.1 Å². The molecule has 0 bridgehead atoms. The van der Waals surface area contributed by atoms with Crippen molar-refractivity contribution in [1.82, 2.24) is 14.8 Å². The molecule has 206 valence electrons. The molecule has 3 fully saturated rings. The number of halogens is 2. The molecule has 1 spiro atoms. The second kappa shape index (κ2) is 9.59. The highest BCUT2D eigenvalue weighted by molar-refractivity contribution is 5.87. The van der Waals surface area contributed by atoms with Crippen molar-refractivity contribution in [2.75, 3.05) is 55.7 Å². The second-order valence-electron chi connectivity index (χ2n) is 11.8. The Balaban J connectivity index is 1.24. The average Bonchev–Trinajstić information content (AvgIpc) is 3.24. The molecule has 0 aromatic carbocycles.